The molecule has 8 nitrogen and oxygen atoms in total. The summed E-state index contributed by atoms with van der Waals surface area (Å²) in [7, 11) is 0. The molecule has 0 spiro atoms. The first-order chi connectivity index (χ1) is 18.5. The number of nitrogens with one attached hydrogen (secondary N) is 4. The molecule has 0 aliphatic carbocycles. The van der Waals surface area contributed by atoms with Crippen LogP contribution in [0.15, 0.2) is 85.1 Å². The summed E-state index contributed by atoms with van der Waals surface area (Å²) >= 11 is 0. The van der Waals surface area contributed by atoms with Crippen LogP contribution in [0.2, 0.25) is 0 Å². The molecule has 8 heteroatoms. The van der Waals surface area contributed by atoms with Gasteiger partial charge in [-0.15, -0.1) is 0 Å². The van der Waals surface area contributed by atoms with Crippen LogP contribution < -0.4 is 10.6 Å². The average Bonchev–Trinajstić information content (AvgIpc) is 3.55. The Hall–Kier alpha value is -4.98. The normalized spacial score (nSPS) is 11.3. The molecule has 6 rings (SSSR count). The summed E-state index contributed by atoms with van der Waals surface area (Å²) < 4.78 is 0. The van der Waals surface area contributed by atoms with E-state index in [1.54, 1.807) is 6.20 Å². The Bertz CT molecular complexity index is 1750. The Balaban J connectivity index is 1.37. The summed E-state index contributed by atoms with van der Waals surface area (Å²) in [6, 6.07) is 26.1. The topological polar surface area (TPSA) is 111 Å². The van der Waals surface area contributed by atoms with Gasteiger partial charge in [0.2, 0.25) is 0 Å². The zero-order valence-electron chi connectivity index (χ0n) is 21.1. The lowest BCUT2D eigenvalue weighted by Crippen LogP contribution is -2.30. The van der Waals surface area contributed by atoms with Gasteiger partial charge in [-0.2, -0.15) is 5.10 Å². The number of carbonyl (C=O) groups is 1. The van der Waals surface area contributed by atoms with Gasteiger partial charge >= 0.3 is 0 Å². The highest BCUT2D eigenvalue weighted by Crippen LogP contribution is 2.27. The SMILES string of the molecule is CC(C)NC(=O)c1cc2ccc(-c3nc(Cc4ccccc4)cc(Nc4ccc5[nH]ncc5c4)n3)cc2[nH]1. The highest BCUT2D eigenvalue weighted by atomic mass is 16.1. The fourth-order valence-electron chi connectivity index (χ4n) is 4.48. The molecule has 0 saturated heterocycles. The van der Waals surface area contributed by atoms with E-state index in [9.17, 15) is 4.79 Å². The van der Waals surface area contributed by atoms with E-state index in [-0.39, 0.29) is 11.9 Å². The van der Waals surface area contributed by atoms with E-state index in [4.69, 9.17) is 9.97 Å². The van der Waals surface area contributed by atoms with Crippen LogP contribution >= 0.6 is 0 Å². The molecule has 38 heavy (non-hydrogen) atoms. The van der Waals surface area contributed by atoms with Crippen molar-refractivity contribution >= 4 is 39.2 Å². The van der Waals surface area contributed by atoms with Gasteiger partial charge in [0.15, 0.2) is 5.82 Å². The molecule has 0 bridgehead atoms. The second kappa shape index (κ2) is 9.82. The number of hydrogen-bond donors (Lipinski definition) is 4. The largest absolute Gasteiger partial charge is 0.351 e. The Kier molecular flexibility index (Phi) is 6.05. The first-order valence-electron chi connectivity index (χ1n) is 12.6. The molecule has 0 radical (unpaired) electrons. The summed E-state index contributed by atoms with van der Waals surface area (Å²) in [6.07, 6.45) is 2.48. The maximum Gasteiger partial charge on any atom is 0.267 e. The van der Waals surface area contributed by atoms with Crippen molar-refractivity contribution < 1.29 is 4.79 Å². The maximum absolute atomic E-state index is 12.5. The lowest BCUT2D eigenvalue weighted by Gasteiger charge is -2.11. The van der Waals surface area contributed by atoms with Gasteiger partial charge in [-0.05, 0) is 49.7 Å². The van der Waals surface area contributed by atoms with Crippen molar-refractivity contribution in [3.05, 3.63) is 102 Å². The smallest absolute Gasteiger partial charge is 0.267 e. The van der Waals surface area contributed by atoms with Crippen molar-refractivity contribution in [2.24, 2.45) is 0 Å². The second-order valence-corrected chi connectivity index (χ2v) is 9.64. The van der Waals surface area contributed by atoms with Crippen molar-refractivity contribution in [1.29, 1.82) is 0 Å². The quantitative estimate of drug-likeness (QED) is 0.215. The number of nitrogens with zero attached hydrogens (tertiary/aromatic N) is 3. The van der Waals surface area contributed by atoms with E-state index in [0.717, 1.165) is 38.8 Å². The Morgan fingerprint density at radius 1 is 0.895 bits per heavy atom. The number of amides is 1. The van der Waals surface area contributed by atoms with E-state index in [1.165, 1.54) is 5.56 Å². The molecule has 0 aliphatic rings. The second-order valence-electron chi connectivity index (χ2n) is 9.64. The van der Waals surface area contributed by atoms with Gasteiger partial charge in [0.05, 0.1) is 17.4 Å². The zero-order chi connectivity index (χ0) is 26.1. The maximum atomic E-state index is 12.5. The summed E-state index contributed by atoms with van der Waals surface area (Å²) in [4.78, 5) is 25.5. The molecule has 0 fully saturated rings. The van der Waals surface area contributed by atoms with Gasteiger partial charge < -0.3 is 15.6 Å². The van der Waals surface area contributed by atoms with E-state index in [1.807, 2.05) is 80.6 Å². The van der Waals surface area contributed by atoms with E-state index in [2.05, 4.69) is 37.9 Å². The Labute approximate surface area is 219 Å². The van der Waals surface area contributed by atoms with Crippen LogP contribution in [-0.2, 0) is 6.42 Å². The molecule has 0 atom stereocenters. The predicted molar refractivity (Wildman–Crippen MR) is 151 cm³/mol. The minimum absolute atomic E-state index is 0.0605. The third-order valence-corrected chi connectivity index (χ3v) is 6.26. The molecule has 3 aromatic carbocycles. The molecule has 6 aromatic rings. The lowest BCUT2D eigenvalue weighted by molar-refractivity contribution is 0.0939. The lowest BCUT2D eigenvalue weighted by atomic mass is 10.1. The highest BCUT2D eigenvalue weighted by molar-refractivity contribution is 5.98. The van der Waals surface area contributed by atoms with Crippen LogP contribution in [0.1, 0.15) is 35.6 Å². The number of carbonyl (C=O) groups excluding carboxylic acids is 1. The number of rotatable bonds is 7. The molecule has 188 valence electrons. The molecule has 0 unspecified atom stereocenters. The number of aromatic amines is 2. The molecular formula is C30H27N7O. The number of H-pyrrole nitrogens is 2. The monoisotopic (exact) mass is 501 g/mol. The van der Waals surface area contributed by atoms with Crippen LogP contribution in [0.5, 0.6) is 0 Å². The molecule has 3 aromatic heterocycles. The predicted octanol–water partition coefficient (Wildman–Crippen LogP) is 5.97. The molecular weight excluding hydrogens is 474 g/mol. The molecule has 3 heterocycles. The van der Waals surface area contributed by atoms with Gasteiger partial charge in [0.25, 0.3) is 5.91 Å². The number of aromatic nitrogens is 5. The van der Waals surface area contributed by atoms with E-state index in [0.29, 0.717) is 23.8 Å². The fraction of sp³-hybridized carbons (Fsp3) is 0.133. The zero-order valence-corrected chi connectivity index (χ0v) is 21.1. The molecule has 1 amide bonds. The van der Waals surface area contributed by atoms with E-state index < -0.39 is 0 Å². The van der Waals surface area contributed by atoms with Crippen LogP contribution in [0.4, 0.5) is 11.5 Å². The van der Waals surface area contributed by atoms with Crippen molar-refractivity contribution in [3.8, 4) is 11.4 Å². The minimum atomic E-state index is -0.125. The van der Waals surface area contributed by atoms with Crippen molar-refractivity contribution in [2.75, 3.05) is 5.32 Å². The third-order valence-electron chi connectivity index (χ3n) is 6.26. The minimum Gasteiger partial charge on any atom is -0.351 e. The molecule has 4 N–H and O–H groups in total. The average molecular weight is 502 g/mol. The Morgan fingerprint density at radius 2 is 1.76 bits per heavy atom. The standard InChI is InChI=1S/C30H27N7O/c1-18(2)32-30(38)27-14-20-8-9-21(15-26(20)35-27)29-34-24(12-19-6-4-3-5-7-19)16-28(36-29)33-23-10-11-25-22(13-23)17-31-37-25/h3-11,13-18,35H,12H2,1-2H3,(H,31,37)(H,32,38)(H,33,34,36). The van der Waals surface area contributed by atoms with Gasteiger partial charge in [-0.3, -0.25) is 9.89 Å². The number of anilines is 2. The van der Waals surface area contributed by atoms with Gasteiger partial charge in [0, 0.05) is 46.1 Å². The summed E-state index contributed by atoms with van der Waals surface area (Å²) in [5.74, 6) is 1.18. The first-order valence-corrected chi connectivity index (χ1v) is 12.6. The third kappa shape index (κ3) is 4.97. The van der Waals surface area contributed by atoms with Crippen LogP contribution in [0.25, 0.3) is 33.2 Å². The Morgan fingerprint density at radius 3 is 2.61 bits per heavy atom. The number of hydrogen-bond acceptors (Lipinski definition) is 5. The van der Waals surface area contributed by atoms with Crippen LogP contribution in [0, 0.1) is 0 Å². The number of fused-ring (bicyclic) bond motifs is 2. The van der Waals surface area contributed by atoms with Gasteiger partial charge in [-0.25, -0.2) is 9.97 Å². The highest BCUT2D eigenvalue weighted by Gasteiger charge is 2.13. The molecule has 0 saturated carbocycles. The fourth-order valence-corrected chi connectivity index (χ4v) is 4.48. The van der Waals surface area contributed by atoms with Gasteiger partial charge in [-0.1, -0.05) is 42.5 Å². The number of benzene rings is 3. The van der Waals surface area contributed by atoms with Crippen LogP contribution in [0.3, 0.4) is 0 Å². The first kappa shape index (κ1) is 23.4. The molecule has 0 aliphatic heterocycles. The van der Waals surface area contributed by atoms with Crippen LogP contribution in [-0.4, -0.2) is 37.1 Å². The van der Waals surface area contributed by atoms with Gasteiger partial charge in [0.1, 0.15) is 11.5 Å². The van der Waals surface area contributed by atoms with Crippen molar-refractivity contribution in [2.45, 2.75) is 26.3 Å². The summed E-state index contributed by atoms with van der Waals surface area (Å²) in [5.41, 5.74) is 6.20. The summed E-state index contributed by atoms with van der Waals surface area (Å²) in [5, 5.41) is 15.4. The van der Waals surface area contributed by atoms with Crippen molar-refractivity contribution in [1.82, 2.24) is 30.5 Å². The van der Waals surface area contributed by atoms with Crippen molar-refractivity contribution in [3.63, 3.8) is 0 Å². The summed E-state index contributed by atoms with van der Waals surface area (Å²) in [6.45, 7) is 3.88. The van der Waals surface area contributed by atoms with E-state index >= 15 is 0 Å².